The van der Waals surface area contributed by atoms with Gasteiger partial charge < -0.3 is 10.6 Å². The monoisotopic (exact) mass is 403 g/mol. The van der Waals surface area contributed by atoms with Gasteiger partial charge in [-0.05, 0) is 55.7 Å². The molecule has 0 unspecified atom stereocenters. The minimum Gasteiger partial charge on any atom is -0.376 e. The Morgan fingerprint density at radius 1 is 1.00 bits per heavy atom. The molecule has 0 spiro atoms. The van der Waals surface area contributed by atoms with Gasteiger partial charge in [-0.3, -0.25) is 4.79 Å². The van der Waals surface area contributed by atoms with Gasteiger partial charge in [-0.15, -0.1) is 0 Å². The number of amides is 1. The Hall–Kier alpha value is -2.38. The highest BCUT2D eigenvalue weighted by Crippen LogP contribution is 2.24. The maximum Gasteiger partial charge on any atom is 0.243 e. The molecule has 7 heteroatoms. The summed E-state index contributed by atoms with van der Waals surface area (Å²) in [6, 6.07) is 10.9. The Balaban J connectivity index is 2.13. The zero-order valence-corrected chi connectivity index (χ0v) is 18.0. The van der Waals surface area contributed by atoms with Gasteiger partial charge in [-0.2, -0.15) is 4.31 Å². The van der Waals surface area contributed by atoms with Gasteiger partial charge in [-0.1, -0.05) is 32.0 Å². The van der Waals surface area contributed by atoms with Crippen LogP contribution in [-0.2, 0) is 14.8 Å². The summed E-state index contributed by atoms with van der Waals surface area (Å²) in [6.45, 7) is 10.2. The van der Waals surface area contributed by atoms with Gasteiger partial charge in [0, 0.05) is 24.5 Å². The van der Waals surface area contributed by atoms with Crippen molar-refractivity contribution in [1.82, 2.24) is 4.31 Å². The summed E-state index contributed by atoms with van der Waals surface area (Å²) < 4.78 is 27.1. The van der Waals surface area contributed by atoms with Crippen LogP contribution in [0.15, 0.2) is 41.3 Å². The summed E-state index contributed by atoms with van der Waals surface area (Å²) in [7, 11) is -3.56. The first-order chi connectivity index (χ1) is 13.2. The summed E-state index contributed by atoms with van der Waals surface area (Å²) in [5.74, 6) is -0.192. The summed E-state index contributed by atoms with van der Waals surface area (Å²) in [6.07, 6.45) is 0. The van der Waals surface area contributed by atoms with Crippen LogP contribution in [0, 0.1) is 20.8 Å². The summed E-state index contributed by atoms with van der Waals surface area (Å²) in [4.78, 5) is 12.6. The molecule has 0 aliphatic carbocycles. The average Bonchev–Trinajstić information content (AvgIpc) is 2.65. The lowest BCUT2D eigenvalue weighted by molar-refractivity contribution is -0.114. The molecule has 0 radical (unpaired) electrons. The molecule has 0 aliphatic heterocycles. The number of hydrogen-bond donors (Lipinski definition) is 2. The van der Waals surface area contributed by atoms with E-state index in [1.165, 1.54) is 4.31 Å². The van der Waals surface area contributed by atoms with Gasteiger partial charge in [0.2, 0.25) is 15.9 Å². The molecule has 28 heavy (non-hydrogen) atoms. The van der Waals surface area contributed by atoms with Crippen molar-refractivity contribution < 1.29 is 13.2 Å². The Kier molecular flexibility index (Phi) is 7.21. The van der Waals surface area contributed by atoms with E-state index in [9.17, 15) is 13.2 Å². The fourth-order valence-corrected chi connectivity index (χ4v) is 4.66. The third-order valence-electron chi connectivity index (χ3n) is 4.84. The van der Waals surface area contributed by atoms with Gasteiger partial charge in [0.1, 0.15) is 0 Å². The number of rotatable bonds is 8. The highest BCUT2D eigenvalue weighted by Gasteiger charge is 2.23. The molecule has 2 aromatic rings. The van der Waals surface area contributed by atoms with E-state index in [4.69, 9.17) is 0 Å². The van der Waals surface area contributed by atoms with Crippen molar-refractivity contribution in [1.29, 1.82) is 0 Å². The van der Waals surface area contributed by atoms with Crippen LogP contribution < -0.4 is 10.6 Å². The number of benzene rings is 2. The molecule has 0 heterocycles. The number of carbonyl (C=O) groups is 1. The SMILES string of the molecule is CCN(CC)S(=O)(=O)c1cc(NCC(=O)Nc2cccc(C)c2C)ccc1C. The molecule has 0 bridgehead atoms. The minimum absolute atomic E-state index is 0.0429. The predicted molar refractivity (Wildman–Crippen MR) is 114 cm³/mol. The molecular weight excluding hydrogens is 374 g/mol. The molecule has 0 fully saturated rings. The lowest BCUT2D eigenvalue weighted by Crippen LogP contribution is -2.31. The van der Waals surface area contributed by atoms with E-state index >= 15 is 0 Å². The fourth-order valence-electron chi connectivity index (χ4n) is 2.95. The Bertz CT molecular complexity index is 951. The van der Waals surface area contributed by atoms with Crippen molar-refractivity contribution in [2.45, 2.75) is 39.5 Å². The first-order valence-corrected chi connectivity index (χ1v) is 10.9. The van der Waals surface area contributed by atoms with Crippen molar-refractivity contribution >= 4 is 27.3 Å². The molecule has 2 aromatic carbocycles. The second-order valence-corrected chi connectivity index (χ2v) is 8.63. The third kappa shape index (κ3) is 4.91. The fraction of sp³-hybridized carbons (Fsp3) is 0.381. The Morgan fingerprint density at radius 2 is 1.68 bits per heavy atom. The second-order valence-electron chi connectivity index (χ2n) is 6.72. The van der Waals surface area contributed by atoms with Crippen molar-refractivity contribution in [2.24, 2.45) is 0 Å². The summed E-state index contributed by atoms with van der Waals surface area (Å²) in [5.41, 5.74) is 4.18. The molecule has 0 saturated carbocycles. The zero-order valence-electron chi connectivity index (χ0n) is 17.2. The molecule has 2 rings (SSSR count). The van der Waals surface area contributed by atoms with Crippen LogP contribution in [0.4, 0.5) is 11.4 Å². The number of hydrogen-bond acceptors (Lipinski definition) is 4. The lowest BCUT2D eigenvalue weighted by Gasteiger charge is -2.20. The van der Waals surface area contributed by atoms with E-state index < -0.39 is 10.0 Å². The number of carbonyl (C=O) groups excluding carboxylic acids is 1. The van der Waals surface area contributed by atoms with Gasteiger partial charge in [0.05, 0.1) is 11.4 Å². The van der Waals surface area contributed by atoms with E-state index in [0.717, 1.165) is 16.8 Å². The van der Waals surface area contributed by atoms with E-state index in [2.05, 4.69) is 10.6 Å². The van der Waals surface area contributed by atoms with Crippen molar-refractivity contribution in [3.8, 4) is 0 Å². The highest BCUT2D eigenvalue weighted by atomic mass is 32.2. The van der Waals surface area contributed by atoms with Crippen LogP contribution in [0.5, 0.6) is 0 Å². The van der Waals surface area contributed by atoms with Crippen molar-refractivity contribution in [2.75, 3.05) is 30.3 Å². The van der Waals surface area contributed by atoms with Crippen molar-refractivity contribution in [3.05, 3.63) is 53.1 Å². The largest absolute Gasteiger partial charge is 0.376 e. The van der Waals surface area contributed by atoms with Gasteiger partial charge in [0.25, 0.3) is 0 Å². The molecule has 0 aromatic heterocycles. The molecule has 0 aliphatic rings. The smallest absolute Gasteiger partial charge is 0.243 e. The molecule has 0 atom stereocenters. The molecule has 0 saturated heterocycles. The lowest BCUT2D eigenvalue weighted by atomic mass is 10.1. The van der Waals surface area contributed by atoms with Gasteiger partial charge >= 0.3 is 0 Å². The zero-order chi connectivity index (χ0) is 20.9. The second kappa shape index (κ2) is 9.21. The number of nitrogens with one attached hydrogen (secondary N) is 2. The van der Waals surface area contributed by atoms with Crippen LogP contribution in [0.3, 0.4) is 0 Å². The highest BCUT2D eigenvalue weighted by molar-refractivity contribution is 7.89. The third-order valence-corrected chi connectivity index (χ3v) is 7.04. The molecular formula is C21H29N3O3S. The first-order valence-electron chi connectivity index (χ1n) is 9.41. The predicted octanol–water partition coefficient (Wildman–Crippen LogP) is 3.69. The van der Waals surface area contributed by atoms with Crippen LogP contribution >= 0.6 is 0 Å². The number of anilines is 2. The quantitative estimate of drug-likeness (QED) is 0.705. The molecule has 2 N–H and O–H groups in total. The van der Waals surface area contributed by atoms with Crippen molar-refractivity contribution in [3.63, 3.8) is 0 Å². The number of nitrogens with zero attached hydrogens (tertiary/aromatic N) is 1. The van der Waals surface area contributed by atoms with E-state index in [1.54, 1.807) is 25.1 Å². The standard InChI is InChI=1S/C21H29N3O3S/c1-6-24(7-2)28(26,27)20-13-18(12-11-16(20)4)22-14-21(25)23-19-10-8-9-15(3)17(19)5/h8-13,22H,6-7,14H2,1-5H3,(H,23,25). The summed E-state index contributed by atoms with van der Waals surface area (Å²) in [5, 5.41) is 5.90. The van der Waals surface area contributed by atoms with E-state index in [1.807, 2.05) is 45.9 Å². The van der Waals surface area contributed by atoms with Gasteiger partial charge in [-0.25, -0.2) is 8.42 Å². The number of aryl methyl sites for hydroxylation is 2. The Labute approximate surface area is 168 Å². The number of sulfonamides is 1. The average molecular weight is 404 g/mol. The minimum atomic E-state index is -3.56. The van der Waals surface area contributed by atoms with Gasteiger partial charge in [0.15, 0.2) is 0 Å². The Morgan fingerprint density at radius 3 is 2.32 bits per heavy atom. The van der Waals surface area contributed by atoms with Crippen LogP contribution in [0.25, 0.3) is 0 Å². The topological polar surface area (TPSA) is 78.5 Å². The van der Waals surface area contributed by atoms with Crippen LogP contribution in [0.1, 0.15) is 30.5 Å². The normalized spacial score (nSPS) is 11.5. The summed E-state index contributed by atoms with van der Waals surface area (Å²) >= 11 is 0. The van der Waals surface area contributed by atoms with E-state index in [0.29, 0.717) is 24.3 Å². The first kappa shape index (κ1) is 21.9. The molecule has 6 nitrogen and oxygen atoms in total. The van der Waals surface area contributed by atoms with Crippen LogP contribution in [0.2, 0.25) is 0 Å². The molecule has 152 valence electrons. The maximum absolute atomic E-state index is 12.8. The van der Waals surface area contributed by atoms with Crippen LogP contribution in [-0.4, -0.2) is 38.3 Å². The van der Waals surface area contributed by atoms with E-state index in [-0.39, 0.29) is 17.3 Å². The maximum atomic E-state index is 12.8. The molecule has 1 amide bonds.